The molecule has 2 aromatic rings. The molecule has 0 bridgehead atoms. The fourth-order valence-corrected chi connectivity index (χ4v) is 0.983. The van der Waals surface area contributed by atoms with Crippen molar-refractivity contribution in [1.82, 2.24) is 4.98 Å². The minimum absolute atomic E-state index is 0.255. The number of nitrogens with zero attached hydrogens (tertiary/aromatic N) is 1. The molecular weight excluding hydrogens is 169 g/mol. The maximum atomic E-state index is 12.8. The molecule has 70 valence electrons. The summed E-state index contributed by atoms with van der Waals surface area (Å²) in [6.07, 6.45) is 1.31. The van der Waals surface area contributed by atoms with Crippen molar-refractivity contribution in [3.63, 3.8) is 0 Å². The van der Waals surface area contributed by atoms with Crippen molar-refractivity contribution in [3.8, 4) is 0 Å². The van der Waals surface area contributed by atoms with Crippen molar-refractivity contribution in [2.75, 3.05) is 0 Å². The summed E-state index contributed by atoms with van der Waals surface area (Å²) < 4.78 is 17.7. The average molecular weight is 181 g/mol. The van der Waals surface area contributed by atoms with Gasteiger partial charge in [-0.3, -0.25) is 0 Å². The van der Waals surface area contributed by atoms with E-state index in [0.717, 1.165) is 0 Å². The van der Waals surface area contributed by atoms with Crippen LogP contribution >= 0.6 is 0 Å². The number of aryl methyl sites for hydroxylation is 1. The molecule has 0 N–H and O–H groups in total. The van der Waals surface area contributed by atoms with E-state index in [0.29, 0.717) is 16.7 Å². The van der Waals surface area contributed by atoms with Crippen LogP contribution in [-0.4, -0.2) is 4.98 Å². The Labute approximate surface area is 76.4 Å². The number of rotatable bonds is 0. The molecule has 1 aromatic carbocycles. The Morgan fingerprint density at radius 3 is 2.69 bits per heavy atom. The van der Waals surface area contributed by atoms with Crippen LogP contribution in [0.2, 0.25) is 0 Å². The number of aromatic nitrogens is 1. The molecule has 0 saturated heterocycles. The highest BCUT2D eigenvalue weighted by molar-refractivity contribution is 5.72. The van der Waals surface area contributed by atoms with E-state index in [9.17, 15) is 4.39 Å². The van der Waals surface area contributed by atoms with Gasteiger partial charge in [-0.05, 0) is 18.6 Å². The average Bonchev–Trinajstić information content (AvgIpc) is 2.56. The van der Waals surface area contributed by atoms with Gasteiger partial charge in [0.2, 0.25) is 0 Å². The van der Waals surface area contributed by atoms with Crippen molar-refractivity contribution in [2.45, 2.75) is 20.8 Å². The standard InChI is InChI=1S/C8H6FNO.C2H6/c1-5-2-7-8(3-6(5)9)11-4-10-7;1-2/h2-4H,1H3;1-2H3. The van der Waals surface area contributed by atoms with Crippen LogP contribution in [0.1, 0.15) is 19.4 Å². The fraction of sp³-hybridized carbons (Fsp3) is 0.300. The zero-order chi connectivity index (χ0) is 9.84. The van der Waals surface area contributed by atoms with Gasteiger partial charge in [-0.25, -0.2) is 9.37 Å². The van der Waals surface area contributed by atoms with Crippen LogP contribution in [0.4, 0.5) is 4.39 Å². The SMILES string of the molecule is CC.Cc1cc2ncoc2cc1F. The van der Waals surface area contributed by atoms with E-state index < -0.39 is 0 Å². The van der Waals surface area contributed by atoms with Crippen molar-refractivity contribution >= 4 is 11.1 Å². The molecular formula is C10H12FNO. The lowest BCUT2D eigenvalue weighted by atomic mass is 10.2. The molecule has 0 radical (unpaired) electrons. The summed E-state index contributed by atoms with van der Waals surface area (Å²) in [7, 11) is 0. The Morgan fingerprint density at radius 1 is 1.31 bits per heavy atom. The molecule has 0 atom stereocenters. The Bertz CT molecular complexity index is 359. The molecule has 2 rings (SSSR count). The molecule has 0 saturated carbocycles. The molecule has 1 heterocycles. The second-order valence-electron chi connectivity index (χ2n) is 2.42. The second-order valence-corrected chi connectivity index (χ2v) is 2.42. The molecule has 2 nitrogen and oxygen atoms in total. The van der Waals surface area contributed by atoms with Crippen LogP contribution in [0, 0.1) is 12.7 Å². The van der Waals surface area contributed by atoms with Gasteiger partial charge in [0.05, 0.1) is 0 Å². The Balaban J connectivity index is 0.000000396. The van der Waals surface area contributed by atoms with Gasteiger partial charge < -0.3 is 4.42 Å². The van der Waals surface area contributed by atoms with E-state index in [1.54, 1.807) is 13.0 Å². The van der Waals surface area contributed by atoms with Gasteiger partial charge in [0.1, 0.15) is 11.3 Å². The maximum Gasteiger partial charge on any atom is 0.181 e. The molecule has 3 heteroatoms. The van der Waals surface area contributed by atoms with Crippen LogP contribution in [0.15, 0.2) is 22.9 Å². The Kier molecular flexibility index (Phi) is 3.01. The van der Waals surface area contributed by atoms with Crippen molar-refractivity contribution in [3.05, 3.63) is 29.9 Å². The van der Waals surface area contributed by atoms with E-state index >= 15 is 0 Å². The quantitative estimate of drug-likeness (QED) is 0.623. The zero-order valence-electron chi connectivity index (χ0n) is 7.97. The lowest BCUT2D eigenvalue weighted by Crippen LogP contribution is -1.80. The summed E-state index contributed by atoms with van der Waals surface area (Å²) in [6.45, 7) is 5.70. The number of fused-ring (bicyclic) bond motifs is 1. The number of hydrogen-bond donors (Lipinski definition) is 0. The summed E-state index contributed by atoms with van der Waals surface area (Å²) in [5.74, 6) is -0.255. The first-order valence-electron chi connectivity index (χ1n) is 4.27. The lowest BCUT2D eigenvalue weighted by molar-refractivity contribution is 0.588. The minimum Gasteiger partial charge on any atom is -0.443 e. The zero-order valence-corrected chi connectivity index (χ0v) is 7.97. The predicted molar refractivity (Wildman–Crippen MR) is 50.1 cm³/mol. The molecule has 0 unspecified atom stereocenters. The van der Waals surface area contributed by atoms with Gasteiger partial charge in [0, 0.05) is 6.07 Å². The number of halogens is 1. The largest absolute Gasteiger partial charge is 0.443 e. The summed E-state index contributed by atoms with van der Waals surface area (Å²) in [4.78, 5) is 3.89. The van der Waals surface area contributed by atoms with E-state index in [4.69, 9.17) is 4.42 Å². The van der Waals surface area contributed by atoms with E-state index in [2.05, 4.69) is 4.98 Å². The first-order valence-corrected chi connectivity index (χ1v) is 4.27. The molecule has 0 aliphatic carbocycles. The molecule has 0 amide bonds. The molecule has 0 aliphatic heterocycles. The third-order valence-corrected chi connectivity index (χ3v) is 1.61. The van der Waals surface area contributed by atoms with Gasteiger partial charge in [-0.1, -0.05) is 13.8 Å². The molecule has 0 spiro atoms. The number of oxazole rings is 1. The first-order chi connectivity index (χ1) is 6.27. The maximum absolute atomic E-state index is 12.8. The van der Waals surface area contributed by atoms with E-state index in [1.807, 2.05) is 13.8 Å². The van der Waals surface area contributed by atoms with Crippen LogP contribution < -0.4 is 0 Å². The minimum atomic E-state index is -0.255. The van der Waals surface area contributed by atoms with Gasteiger partial charge in [-0.15, -0.1) is 0 Å². The first kappa shape index (κ1) is 9.71. The summed E-state index contributed by atoms with van der Waals surface area (Å²) in [5.41, 5.74) is 1.78. The fourth-order valence-electron chi connectivity index (χ4n) is 0.983. The lowest BCUT2D eigenvalue weighted by Gasteiger charge is -1.92. The van der Waals surface area contributed by atoms with Crippen LogP contribution in [0.3, 0.4) is 0 Å². The van der Waals surface area contributed by atoms with Crippen molar-refractivity contribution in [2.24, 2.45) is 0 Å². The van der Waals surface area contributed by atoms with Gasteiger partial charge in [0.15, 0.2) is 12.0 Å². The third kappa shape index (κ3) is 1.86. The smallest absolute Gasteiger partial charge is 0.181 e. The van der Waals surface area contributed by atoms with Gasteiger partial charge in [0.25, 0.3) is 0 Å². The molecule has 0 aliphatic rings. The third-order valence-electron chi connectivity index (χ3n) is 1.61. The molecule has 1 aromatic heterocycles. The predicted octanol–water partition coefficient (Wildman–Crippen LogP) is 3.30. The second kappa shape index (κ2) is 4.03. The summed E-state index contributed by atoms with van der Waals surface area (Å²) in [6, 6.07) is 3.01. The van der Waals surface area contributed by atoms with E-state index in [1.165, 1.54) is 12.5 Å². The van der Waals surface area contributed by atoms with Crippen LogP contribution in [0.5, 0.6) is 0 Å². The number of hydrogen-bond acceptors (Lipinski definition) is 2. The van der Waals surface area contributed by atoms with E-state index in [-0.39, 0.29) is 5.82 Å². The highest BCUT2D eigenvalue weighted by atomic mass is 19.1. The highest BCUT2D eigenvalue weighted by Gasteiger charge is 2.02. The van der Waals surface area contributed by atoms with Gasteiger partial charge >= 0.3 is 0 Å². The monoisotopic (exact) mass is 181 g/mol. The van der Waals surface area contributed by atoms with Gasteiger partial charge in [-0.2, -0.15) is 0 Å². The normalized spacial score (nSPS) is 9.54. The Morgan fingerprint density at radius 2 is 2.00 bits per heavy atom. The topological polar surface area (TPSA) is 26.0 Å². The highest BCUT2D eigenvalue weighted by Crippen LogP contribution is 2.16. The Hall–Kier alpha value is -1.38. The van der Waals surface area contributed by atoms with Crippen LogP contribution in [0.25, 0.3) is 11.1 Å². The van der Waals surface area contributed by atoms with Crippen molar-refractivity contribution in [1.29, 1.82) is 0 Å². The molecule has 13 heavy (non-hydrogen) atoms. The summed E-state index contributed by atoms with van der Waals surface area (Å²) >= 11 is 0. The van der Waals surface area contributed by atoms with Crippen LogP contribution in [-0.2, 0) is 0 Å². The molecule has 0 fully saturated rings. The summed E-state index contributed by atoms with van der Waals surface area (Å²) in [5, 5.41) is 0. The number of benzene rings is 1. The van der Waals surface area contributed by atoms with Crippen molar-refractivity contribution < 1.29 is 8.81 Å².